The Bertz CT molecular complexity index is 782. The van der Waals surface area contributed by atoms with Crippen LogP contribution in [0.5, 0.6) is 0 Å². The largest absolute Gasteiger partial charge is 0.370 e. The molecule has 30 heavy (non-hydrogen) atoms. The molecule has 0 aromatic heterocycles. The lowest BCUT2D eigenvalue weighted by Crippen LogP contribution is -2.56. The second kappa shape index (κ2) is 9.41. The van der Waals surface area contributed by atoms with Gasteiger partial charge in [0.2, 0.25) is 5.91 Å². The Labute approximate surface area is 176 Å². The van der Waals surface area contributed by atoms with E-state index in [-0.39, 0.29) is 30.7 Å². The lowest BCUT2D eigenvalue weighted by atomic mass is 9.82. The van der Waals surface area contributed by atoms with E-state index < -0.39 is 11.9 Å². The molecule has 0 radical (unpaired) electrons. The summed E-state index contributed by atoms with van der Waals surface area (Å²) >= 11 is 0. The lowest BCUT2D eigenvalue weighted by molar-refractivity contribution is -0.126. The number of nitrogens with one attached hydrogen (secondary N) is 1. The van der Waals surface area contributed by atoms with Gasteiger partial charge in [-0.15, -0.1) is 0 Å². The second-order valence-corrected chi connectivity index (χ2v) is 8.58. The highest BCUT2D eigenvalue weighted by atomic mass is 19.1. The summed E-state index contributed by atoms with van der Waals surface area (Å²) in [4.78, 5) is 28.7. The molecule has 1 aromatic carbocycles. The molecule has 2 amide bonds. The number of ether oxygens (including phenoxy) is 1. The van der Waals surface area contributed by atoms with Gasteiger partial charge in [-0.05, 0) is 49.8 Å². The number of morpholine rings is 1. The van der Waals surface area contributed by atoms with Crippen molar-refractivity contribution in [1.82, 2.24) is 4.90 Å². The van der Waals surface area contributed by atoms with Crippen molar-refractivity contribution >= 4 is 23.2 Å². The van der Waals surface area contributed by atoms with Crippen LogP contribution in [0.25, 0.3) is 0 Å². The van der Waals surface area contributed by atoms with Crippen molar-refractivity contribution in [2.24, 2.45) is 11.7 Å². The number of carbonyl (C=O) groups is 2. The first-order chi connectivity index (χ1) is 14.6. The van der Waals surface area contributed by atoms with Crippen molar-refractivity contribution in [1.29, 1.82) is 0 Å². The standard InChI is InChI=1S/C22H31FN4O3/c23-18-11-16(7-8-19(18)26-9-10-30-14-21(26)28)25-22(29)20(12-24)27(17-5-2-6-17)13-15-3-1-4-15/h7-8,11,15,17,20H,1-6,9-10,12-14,24H2,(H,25,29)/t20-/m1/s1. The maximum Gasteiger partial charge on any atom is 0.253 e. The molecule has 2 aliphatic carbocycles. The zero-order valence-electron chi connectivity index (χ0n) is 17.3. The molecule has 4 rings (SSSR count). The molecule has 8 heteroatoms. The molecule has 7 nitrogen and oxygen atoms in total. The predicted molar refractivity (Wildman–Crippen MR) is 113 cm³/mol. The molecular weight excluding hydrogens is 387 g/mol. The average Bonchev–Trinajstić information content (AvgIpc) is 2.64. The molecule has 1 saturated heterocycles. The third kappa shape index (κ3) is 4.50. The van der Waals surface area contributed by atoms with E-state index in [0.29, 0.717) is 30.8 Å². The van der Waals surface area contributed by atoms with Gasteiger partial charge >= 0.3 is 0 Å². The Morgan fingerprint density at radius 1 is 1.30 bits per heavy atom. The minimum atomic E-state index is -0.544. The van der Waals surface area contributed by atoms with Gasteiger partial charge in [0.15, 0.2) is 0 Å². The second-order valence-electron chi connectivity index (χ2n) is 8.58. The third-order valence-corrected chi connectivity index (χ3v) is 6.66. The van der Waals surface area contributed by atoms with Crippen LogP contribution >= 0.6 is 0 Å². The van der Waals surface area contributed by atoms with E-state index in [4.69, 9.17) is 10.5 Å². The summed E-state index contributed by atoms with van der Waals surface area (Å²) in [6.45, 7) is 1.78. The molecule has 0 unspecified atom stereocenters. The number of nitrogens with two attached hydrogens (primary N) is 1. The minimum absolute atomic E-state index is 0.0475. The number of amides is 2. The number of halogens is 1. The Morgan fingerprint density at radius 3 is 2.63 bits per heavy atom. The van der Waals surface area contributed by atoms with Crippen LogP contribution in [-0.4, -0.2) is 61.6 Å². The van der Waals surface area contributed by atoms with Crippen LogP contribution in [0.15, 0.2) is 18.2 Å². The summed E-state index contributed by atoms with van der Waals surface area (Å²) in [6, 6.07) is 4.43. The van der Waals surface area contributed by atoms with E-state index in [9.17, 15) is 14.0 Å². The summed E-state index contributed by atoms with van der Waals surface area (Å²) in [5.74, 6) is -0.363. The smallest absolute Gasteiger partial charge is 0.253 e. The number of rotatable bonds is 8. The number of anilines is 2. The Hall–Kier alpha value is -2.03. The molecule has 1 aliphatic heterocycles. The molecule has 164 valence electrons. The van der Waals surface area contributed by atoms with E-state index in [0.717, 1.165) is 19.4 Å². The maximum atomic E-state index is 14.7. The van der Waals surface area contributed by atoms with E-state index in [1.54, 1.807) is 6.07 Å². The van der Waals surface area contributed by atoms with Gasteiger partial charge < -0.3 is 20.7 Å². The lowest BCUT2D eigenvalue weighted by Gasteiger charge is -2.44. The van der Waals surface area contributed by atoms with Gasteiger partial charge in [-0.3, -0.25) is 14.5 Å². The fourth-order valence-corrected chi connectivity index (χ4v) is 4.42. The topological polar surface area (TPSA) is 87.9 Å². The van der Waals surface area contributed by atoms with Gasteiger partial charge in [-0.25, -0.2) is 4.39 Å². The summed E-state index contributed by atoms with van der Waals surface area (Å²) in [5, 5.41) is 2.84. The Balaban J connectivity index is 1.44. The van der Waals surface area contributed by atoms with Gasteiger partial charge in [-0.2, -0.15) is 0 Å². The molecule has 3 N–H and O–H groups in total. The number of hydrogen-bond acceptors (Lipinski definition) is 5. The fraction of sp³-hybridized carbons (Fsp3) is 0.636. The molecule has 1 aromatic rings. The van der Waals surface area contributed by atoms with Crippen molar-refractivity contribution in [2.45, 2.75) is 50.6 Å². The fourth-order valence-electron chi connectivity index (χ4n) is 4.42. The molecule has 0 bridgehead atoms. The minimum Gasteiger partial charge on any atom is -0.370 e. The van der Waals surface area contributed by atoms with Gasteiger partial charge in [0.1, 0.15) is 18.5 Å². The molecule has 3 aliphatic rings. The van der Waals surface area contributed by atoms with Crippen LogP contribution in [0, 0.1) is 11.7 Å². The number of benzene rings is 1. The first-order valence-electron chi connectivity index (χ1n) is 11.0. The Kier molecular flexibility index (Phi) is 6.65. The van der Waals surface area contributed by atoms with Crippen molar-refractivity contribution in [3.63, 3.8) is 0 Å². The van der Waals surface area contributed by atoms with Gasteiger partial charge in [0.25, 0.3) is 5.91 Å². The maximum absolute atomic E-state index is 14.7. The van der Waals surface area contributed by atoms with Gasteiger partial charge in [-0.1, -0.05) is 12.8 Å². The first-order valence-corrected chi connectivity index (χ1v) is 11.0. The first kappa shape index (κ1) is 21.2. The van der Waals surface area contributed by atoms with E-state index in [1.165, 1.54) is 42.7 Å². The van der Waals surface area contributed by atoms with Crippen LogP contribution < -0.4 is 16.0 Å². The molecule has 2 saturated carbocycles. The van der Waals surface area contributed by atoms with Crippen molar-refractivity contribution in [3.05, 3.63) is 24.0 Å². The molecule has 3 fully saturated rings. The van der Waals surface area contributed by atoms with Crippen LogP contribution in [0.3, 0.4) is 0 Å². The summed E-state index contributed by atoms with van der Waals surface area (Å²) in [5.41, 5.74) is 6.59. The highest BCUT2D eigenvalue weighted by Crippen LogP contribution is 2.33. The van der Waals surface area contributed by atoms with Crippen molar-refractivity contribution in [2.75, 3.05) is 43.1 Å². The van der Waals surface area contributed by atoms with Gasteiger partial charge in [0, 0.05) is 31.4 Å². The summed E-state index contributed by atoms with van der Waals surface area (Å²) in [6.07, 6.45) is 7.10. The summed E-state index contributed by atoms with van der Waals surface area (Å²) < 4.78 is 19.8. The zero-order valence-corrected chi connectivity index (χ0v) is 17.3. The van der Waals surface area contributed by atoms with Crippen molar-refractivity contribution in [3.8, 4) is 0 Å². The number of carbonyl (C=O) groups excluding carboxylic acids is 2. The van der Waals surface area contributed by atoms with Gasteiger partial charge in [0.05, 0.1) is 12.3 Å². The van der Waals surface area contributed by atoms with Crippen molar-refractivity contribution < 1.29 is 18.7 Å². The molecule has 1 heterocycles. The SMILES string of the molecule is NC[C@H](C(=O)Nc1ccc(N2CCOCC2=O)c(F)c1)N(CC1CCC1)C1CCC1. The normalized spacial score (nSPS) is 21.3. The van der Waals surface area contributed by atoms with E-state index in [1.807, 2.05) is 0 Å². The quantitative estimate of drug-likeness (QED) is 0.675. The predicted octanol–water partition coefficient (Wildman–Crippen LogP) is 2.11. The molecular formula is C22H31FN4O3. The molecule has 0 spiro atoms. The van der Waals surface area contributed by atoms with Crippen LogP contribution in [0.2, 0.25) is 0 Å². The molecule has 1 atom stereocenters. The average molecular weight is 419 g/mol. The highest BCUT2D eigenvalue weighted by Gasteiger charge is 2.36. The van der Waals surface area contributed by atoms with E-state index in [2.05, 4.69) is 10.2 Å². The number of hydrogen-bond donors (Lipinski definition) is 2. The zero-order chi connectivity index (χ0) is 21.1. The highest BCUT2D eigenvalue weighted by molar-refractivity contribution is 5.97. The number of nitrogens with zero attached hydrogens (tertiary/aromatic N) is 2. The third-order valence-electron chi connectivity index (χ3n) is 6.66. The van der Waals surface area contributed by atoms with E-state index >= 15 is 0 Å². The monoisotopic (exact) mass is 418 g/mol. The van der Waals surface area contributed by atoms with Crippen LogP contribution in [0.1, 0.15) is 38.5 Å². The summed E-state index contributed by atoms with van der Waals surface area (Å²) in [7, 11) is 0. The van der Waals surface area contributed by atoms with Crippen LogP contribution in [-0.2, 0) is 14.3 Å². The van der Waals surface area contributed by atoms with Crippen LogP contribution in [0.4, 0.5) is 15.8 Å². The Morgan fingerprint density at radius 2 is 2.07 bits per heavy atom.